The smallest absolute Gasteiger partial charge is 0.407 e. The molecule has 7 heteroatoms. The number of carbonyl (C=O) groups excluding carboxylic acids is 1. The second-order valence-corrected chi connectivity index (χ2v) is 14.4. The van der Waals surface area contributed by atoms with Crippen LogP contribution in [0.2, 0.25) is 5.04 Å². The van der Waals surface area contributed by atoms with Crippen molar-refractivity contribution in [2.24, 2.45) is 5.41 Å². The Hall–Kier alpha value is -2.64. The van der Waals surface area contributed by atoms with E-state index in [9.17, 15) is 14.7 Å². The summed E-state index contributed by atoms with van der Waals surface area (Å²) in [6, 6.07) is 20.3. The monoisotopic (exact) mass is 469 g/mol. The minimum absolute atomic E-state index is 0.101. The van der Waals surface area contributed by atoms with Crippen LogP contribution in [0.25, 0.3) is 0 Å². The van der Waals surface area contributed by atoms with Crippen molar-refractivity contribution in [1.29, 1.82) is 0 Å². The maximum Gasteiger partial charge on any atom is 0.407 e. The number of carbonyl (C=O) groups is 2. The van der Waals surface area contributed by atoms with E-state index in [1.165, 1.54) is 12.0 Å². The number of nitrogens with zero attached hydrogens (tertiary/aromatic N) is 1. The van der Waals surface area contributed by atoms with E-state index in [-0.39, 0.29) is 30.2 Å². The zero-order valence-corrected chi connectivity index (χ0v) is 21.2. The van der Waals surface area contributed by atoms with Gasteiger partial charge in [0.1, 0.15) is 0 Å². The molecule has 1 aliphatic rings. The number of methoxy groups -OCH3 is 1. The third-order valence-corrected chi connectivity index (χ3v) is 11.8. The van der Waals surface area contributed by atoms with Gasteiger partial charge in [0, 0.05) is 6.54 Å². The van der Waals surface area contributed by atoms with Gasteiger partial charge >= 0.3 is 12.1 Å². The van der Waals surface area contributed by atoms with Crippen molar-refractivity contribution in [2.75, 3.05) is 20.3 Å². The number of rotatable bonds is 6. The molecular weight excluding hydrogens is 434 g/mol. The molecule has 0 saturated carbocycles. The first-order chi connectivity index (χ1) is 15.5. The predicted octanol–water partition coefficient (Wildman–Crippen LogP) is 3.88. The van der Waals surface area contributed by atoms with Crippen LogP contribution in [0, 0.1) is 5.41 Å². The highest BCUT2D eigenvalue weighted by Gasteiger charge is 2.51. The molecule has 0 aliphatic carbocycles. The second kappa shape index (κ2) is 9.69. The Labute approximate surface area is 197 Å². The molecule has 2 atom stereocenters. The SMILES string of the molecule is COC(=O)C1(C)CCC(CO[Si](c2ccccc2)(c2ccccc2)C(C)(C)C)N(C(=O)O)C1. The van der Waals surface area contributed by atoms with Crippen LogP contribution in [0.5, 0.6) is 0 Å². The van der Waals surface area contributed by atoms with Gasteiger partial charge in [0.15, 0.2) is 0 Å². The zero-order chi connectivity index (χ0) is 24.3. The van der Waals surface area contributed by atoms with Gasteiger partial charge in [0.25, 0.3) is 8.32 Å². The molecular formula is C26H35NO5Si. The Kier molecular flexibility index (Phi) is 7.34. The van der Waals surface area contributed by atoms with Crippen molar-refractivity contribution in [2.45, 2.75) is 51.6 Å². The molecule has 2 aromatic rings. The summed E-state index contributed by atoms with van der Waals surface area (Å²) >= 11 is 0. The number of piperidine rings is 1. The average molecular weight is 470 g/mol. The van der Waals surface area contributed by atoms with Crippen LogP contribution < -0.4 is 10.4 Å². The van der Waals surface area contributed by atoms with Crippen LogP contribution in [0.15, 0.2) is 60.7 Å². The third-order valence-electron chi connectivity index (χ3n) is 6.82. The Morgan fingerprint density at radius 1 is 1.06 bits per heavy atom. The van der Waals surface area contributed by atoms with Gasteiger partial charge in [-0.25, -0.2) is 4.79 Å². The standard InChI is InChI=1S/C26H35NO5Si/c1-25(2,3)33(21-12-8-6-9-13-21,22-14-10-7-11-15-22)32-18-20-16-17-26(4,23(28)31-5)19-27(20)24(29)30/h6-15,20H,16-19H2,1-5H3,(H,29,30). The molecule has 0 radical (unpaired) electrons. The second-order valence-electron chi connectivity index (χ2n) is 10.1. The zero-order valence-electron chi connectivity index (χ0n) is 20.2. The van der Waals surface area contributed by atoms with Gasteiger partial charge in [-0.05, 0) is 35.2 Å². The van der Waals surface area contributed by atoms with Gasteiger partial charge < -0.3 is 19.2 Å². The van der Waals surface area contributed by atoms with Gasteiger partial charge in [-0.2, -0.15) is 0 Å². The predicted molar refractivity (Wildman–Crippen MR) is 131 cm³/mol. The maximum absolute atomic E-state index is 12.3. The fraction of sp³-hybridized carbons (Fsp3) is 0.462. The summed E-state index contributed by atoms with van der Waals surface area (Å²) in [7, 11) is -1.43. The van der Waals surface area contributed by atoms with Crippen LogP contribution in [0.3, 0.4) is 0 Å². The van der Waals surface area contributed by atoms with Crippen LogP contribution in [0.1, 0.15) is 40.5 Å². The van der Waals surface area contributed by atoms with E-state index in [2.05, 4.69) is 45.0 Å². The first-order valence-corrected chi connectivity index (χ1v) is 13.3. The van der Waals surface area contributed by atoms with Crippen molar-refractivity contribution in [3.63, 3.8) is 0 Å². The summed E-state index contributed by atoms with van der Waals surface area (Å²) in [5.41, 5.74) is -0.846. The normalized spacial score (nSPS) is 21.5. The lowest BCUT2D eigenvalue weighted by molar-refractivity contribution is -0.155. The molecule has 1 saturated heterocycles. The van der Waals surface area contributed by atoms with Crippen molar-refractivity contribution < 1.29 is 23.9 Å². The lowest BCUT2D eigenvalue weighted by Crippen LogP contribution is -2.67. The van der Waals surface area contributed by atoms with E-state index in [1.54, 1.807) is 6.92 Å². The summed E-state index contributed by atoms with van der Waals surface area (Å²) in [6.45, 7) is 8.74. The van der Waals surface area contributed by atoms with E-state index in [0.717, 1.165) is 10.4 Å². The average Bonchev–Trinajstić information content (AvgIpc) is 2.80. The first kappa shape index (κ1) is 25.0. The van der Waals surface area contributed by atoms with Crippen molar-refractivity contribution in [3.05, 3.63) is 60.7 Å². The number of likely N-dealkylation sites (tertiary alicyclic amines) is 1. The van der Waals surface area contributed by atoms with E-state index in [1.807, 2.05) is 36.4 Å². The number of carboxylic acid groups (broad SMARTS) is 1. The largest absolute Gasteiger partial charge is 0.469 e. The summed E-state index contributed by atoms with van der Waals surface area (Å²) < 4.78 is 11.9. The third kappa shape index (κ3) is 4.84. The lowest BCUT2D eigenvalue weighted by atomic mass is 9.79. The molecule has 2 aromatic carbocycles. The van der Waals surface area contributed by atoms with Crippen molar-refractivity contribution in [1.82, 2.24) is 4.90 Å². The minimum Gasteiger partial charge on any atom is -0.469 e. The summed E-state index contributed by atoms with van der Waals surface area (Å²) in [6.07, 6.45) is 0.0507. The first-order valence-electron chi connectivity index (χ1n) is 11.4. The highest BCUT2D eigenvalue weighted by Crippen LogP contribution is 2.38. The van der Waals surface area contributed by atoms with E-state index < -0.39 is 19.8 Å². The van der Waals surface area contributed by atoms with E-state index in [0.29, 0.717) is 12.8 Å². The number of esters is 1. The molecule has 1 aliphatic heterocycles. The molecule has 0 bridgehead atoms. The molecule has 1 heterocycles. The molecule has 0 aromatic heterocycles. The van der Waals surface area contributed by atoms with Crippen molar-refractivity contribution >= 4 is 30.8 Å². The quantitative estimate of drug-likeness (QED) is 0.513. The lowest BCUT2D eigenvalue weighted by Gasteiger charge is -2.46. The Balaban J connectivity index is 1.98. The summed E-state index contributed by atoms with van der Waals surface area (Å²) in [4.78, 5) is 25.8. The molecule has 178 valence electrons. The van der Waals surface area contributed by atoms with E-state index in [4.69, 9.17) is 9.16 Å². The molecule has 1 amide bonds. The highest BCUT2D eigenvalue weighted by atomic mass is 28.4. The van der Waals surface area contributed by atoms with E-state index >= 15 is 0 Å². The van der Waals surface area contributed by atoms with Gasteiger partial charge in [-0.15, -0.1) is 0 Å². The number of hydrogen-bond acceptors (Lipinski definition) is 4. The van der Waals surface area contributed by atoms with Crippen LogP contribution in [-0.2, 0) is 14.0 Å². The molecule has 1 N–H and O–H groups in total. The Morgan fingerprint density at radius 2 is 1.58 bits per heavy atom. The van der Waals surface area contributed by atoms with Gasteiger partial charge in [-0.3, -0.25) is 4.79 Å². The number of ether oxygens (including phenoxy) is 1. The highest BCUT2D eigenvalue weighted by molar-refractivity contribution is 6.99. The van der Waals surface area contributed by atoms with Gasteiger partial charge in [-0.1, -0.05) is 81.4 Å². The molecule has 6 nitrogen and oxygen atoms in total. The van der Waals surface area contributed by atoms with Crippen LogP contribution in [0.4, 0.5) is 4.79 Å². The summed E-state index contributed by atoms with van der Waals surface area (Å²) in [5.74, 6) is -0.375. The summed E-state index contributed by atoms with van der Waals surface area (Å²) in [5, 5.41) is 12.1. The van der Waals surface area contributed by atoms with Gasteiger partial charge in [0.2, 0.25) is 0 Å². The number of amides is 1. The minimum atomic E-state index is -2.77. The molecule has 2 unspecified atom stereocenters. The van der Waals surface area contributed by atoms with Crippen LogP contribution >= 0.6 is 0 Å². The molecule has 1 fully saturated rings. The Bertz CT molecular complexity index is 920. The number of hydrogen-bond donors (Lipinski definition) is 1. The maximum atomic E-state index is 12.3. The van der Waals surface area contributed by atoms with Gasteiger partial charge in [0.05, 0.1) is 25.2 Å². The number of benzene rings is 2. The fourth-order valence-corrected chi connectivity index (χ4v) is 9.62. The fourth-order valence-electron chi connectivity index (χ4n) is 5.02. The topological polar surface area (TPSA) is 76.1 Å². The molecule has 33 heavy (non-hydrogen) atoms. The molecule has 3 rings (SSSR count). The molecule has 0 spiro atoms. The van der Waals surface area contributed by atoms with Crippen LogP contribution in [-0.4, -0.2) is 56.7 Å². The Morgan fingerprint density at radius 3 is 2.00 bits per heavy atom. The van der Waals surface area contributed by atoms with Crippen molar-refractivity contribution in [3.8, 4) is 0 Å².